The summed E-state index contributed by atoms with van der Waals surface area (Å²) in [5.41, 5.74) is 9.75. The second-order valence-electron chi connectivity index (χ2n) is 6.13. The number of hydrogen-bond acceptors (Lipinski definition) is 2. The van der Waals surface area contributed by atoms with E-state index in [2.05, 4.69) is 54.3 Å². The van der Waals surface area contributed by atoms with Crippen molar-refractivity contribution in [3.63, 3.8) is 0 Å². The molecule has 0 radical (unpaired) electrons. The van der Waals surface area contributed by atoms with Gasteiger partial charge in [-0.2, -0.15) is 0 Å². The maximum absolute atomic E-state index is 5.86. The van der Waals surface area contributed by atoms with Crippen LogP contribution in [0.4, 0.5) is 5.69 Å². The minimum Gasteiger partial charge on any atom is -0.399 e. The maximum atomic E-state index is 5.86. The van der Waals surface area contributed by atoms with E-state index in [-0.39, 0.29) is 17.8 Å². The van der Waals surface area contributed by atoms with Crippen LogP contribution in [-0.4, -0.2) is 18.0 Å². The van der Waals surface area contributed by atoms with Gasteiger partial charge in [0.05, 0.1) is 0 Å². The van der Waals surface area contributed by atoms with E-state index in [9.17, 15) is 0 Å². The first kappa shape index (κ1) is 15.9. The minimum absolute atomic E-state index is 0. The van der Waals surface area contributed by atoms with Crippen LogP contribution in [0.5, 0.6) is 0 Å². The van der Waals surface area contributed by atoms with Gasteiger partial charge in [0.15, 0.2) is 0 Å². The zero-order valence-electron chi connectivity index (χ0n) is 12.5. The standard InChI is InChI=1S/C18H22N2.ClH/c1-18(16-7-3-2-4-8-16)10-11-20(14-18)13-15-6-5-9-17(19)12-15;/h2-9,12H,10-11,13-14,19H2,1H3;1H. The van der Waals surface area contributed by atoms with Gasteiger partial charge in [-0.05, 0) is 36.2 Å². The third-order valence-electron chi connectivity index (χ3n) is 4.38. The molecule has 2 aromatic rings. The van der Waals surface area contributed by atoms with Gasteiger partial charge in [0, 0.05) is 24.2 Å². The van der Waals surface area contributed by atoms with Crippen molar-refractivity contribution < 1.29 is 0 Å². The molecule has 21 heavy (non-hydrogen) atoms. The molecule has 1 atom stereocenters. The van der Waals surface area contributed by atoms with Crippen LogP contribution in [0.1, 0.15) is 24.5 Å². The first-order valence-corrected chi connectivity index (χ1v) is 7.28. The summed E-state index contributed by atoms with van der Waals surface area (Å²) < 4.78 is 0. The molecular formula is C18H23ClN2. The van der Waals surface area contributed by atoms with Gasteiger partial charge in [-0.15, -0.1) is 12.4 Å². The van der Waals surface area contributed by atoms with Gasteiger partial charge in [-0.25, -0.2) is 0 Å². The molecule has 0 amide bonds. The summed E-state index contributed by atoms with van der Waals surface area (Å²) in [7, 11) is 0. The van der Waals surface area contributed by atoms with E-state index in [4.69, 9.17) is 5.73 Å². The molecule has 1 fully saturated rings. The Morgan fingerprint density at radius 1 is 1.10 bits per heavy atom. The molecule has 2 N–H and O–H groups in total. The molecule has 112 valence electrons. The van der Waals surface area contributed by atoms with Crippen LogP contribution in [0, 0.1) is 0 Å². The number of nitrogens with zero attached hydrogens (tertiary/aromatic N) is 1. The fourth-order valence-electron chi connectivity index (χ4n) is 3.22. The van der Waals surface area contributed by atoms with Crippen LogP contribution in [-0.2, 0) is 12.0 Å². The minimum atomic E-state index is 0. The van der Waals surface area contributed by atoms with Gasteiger partial charge >= 0.3 is 0 Å². The highest BCUT2D eigenvalue weighted by Gasteiger charge is 2.34. The van der Waals surface area contributed by atoms with Crippen LogP contribution in [0.15, 0.2) is 54.6 Å². The zero-order chi connectivity index (χ0) is 14.0. The highest BCUT2D eigenvalue weighted by atomic mass is 35.5. The number of hydrogen-bond donors (Lipinski definition) is 1. The van der Waals surface area contributed by atoms with Crippen LogP contribution >= 0.6 is 12.4 Å². The average Bonchev–Trinajstić information content (AvgIpc) is 2.83. The summed E-state index contributed by atoms with van der Waals surface area (Å²) in [6.45, 7) is 5.64. The average molecular weight is 303 g/mol. The van der Waals surface area contributed by atoms with Crippen molar-refractivity contribution in [1.82, 2.24) is 4.90 Å². The summed E-state index contributed by atoms with van der Waals surface area (Å²) in [6, 6.07) is 19.1. The lowest BCUT2D eigenvalue weighted by Crippen LogP contribution is -2.27. The zero-order valence-corrected chi connectivity index (χ0v) is 13.3. The lowest BCUT2D eigenvalue weighted by Gasteiger charge is -2.25. The predicted octanol–water partition coefficient (Wildman–Crippen LogP) is 3.85. The van der Waals surface area contributed by atoms with Crippen molar-refractivity contribution in [3.8, 4) is 0 Å². The Morgan fingerprint density at radius 3 is 2.57 bits per heavy atom. The number of anilines is 1. The summed E-state index contributed by atoms with van der Waals surface area (Å²) in [4.78, 5) is 2.53. The second-order valence-corrected chi connectivity index (χ2v) is 6.13. The Bertz CT molecular complexity index is 585. The smallest absolute Gasteiger partial charge is 0.0317 e. The molecule has 0 aliphatic carbocycles. The van der Waals surface area contributed by atoms with E-state index < -0.39 is 0 Å². The van der Waals surface area contributed by atoms with Crippen LogP contribution < -0.4 is 5.73 Å². The van der Waals surface area contributed by atoms with Crippen molar-refractivity contribution in [2.24, 2.45) is 0 Å². The van der Waals surface area contributed by atoms with Gasteiger partial charge in [0.2, 0.25) is 0 Å². The summed E-state index contributed by atoms with van der Waals surface area (Å²) in [6.07, 6.45) is 1.22. The Kier molecular flexibility index (Phi) is 4.92. The van der Waals surface area contributed by atoms with Gasteiger partial charge < -0.3 is 5.73 Å². The van der Waals surface area contributed by atoms with E-state index in [1.807, 2.05) is 12.1 Å². The van der Waals surface area contributed by atoms with Gasteiger partial charge in [0.1, 0.15) is 0 Å². The van der Waals surface area contributed by atoms with Crippen molar-refractivity contribution in [2.75, 3.05) is 18.8 Å². The maximum Gasteiger partial charge on any atom is 0.0317 e. The lowest BCUT2D eigenvalue weighted by atomic mass is 9.82. The highest BCUT2D eigenvalue weighted by molar-refractivity contribution is 5.85. The number of likely N-dealkylation sites (tertiary alicyclic amines) is 1. The fraction of sp³-hybridized carbons (Fsp3) is 0.333. The third-order valence-corrected chi connectivity index (χ3v) is 4.38. The molecule has 1 heterocycles. The second kappa shape index (κ2) is 6.50. The molecule has 0 saturated carbocycles. The van der Waals surface area contributed by atoms with E-state index in [1.54, 1.807) is 0 Å². The van der Waals surface area contributed by atoms with Gasteiger partial charge in [0.25, 0.3) is 0 Å². The monoisotopic (exact) mass is 302 g/mol. The van der Waals surface area contributed by atoms with Gasteiger partial charge in [-0.3, -0.25) is 4.90 Å². The quantitative estimate of drug-likeness (QED) is 0.873. The molecule has 2 aromatic carbocycles. The lowest BCUT2D eigenvalue weighted by molar-refractivity contribution is 0.309. The van der Waals surface area contributed by atoms with E-state index in [0.717, 1.165) is 25.3 Å². The van der Waals surface area contributed by atoms with E-state index >= 15 is 0 Å². The van der Waals surface area contributed by atoms with Crippen molar-refractivity contribution in [3.05, 3.63) is 65.7 Å². The molecule has 1 aliphatic heterocycles. The predicted molar refractivity (Wildman–Crippen MR) is 91.8 cm³/mol. The number of nitrogens with two attached hydrogens (primary N) is 1. The Labute approximate surface area is 133 Å². The van der Waals surface area contributed by atoms with Crippen molar-refractivity contribution in [1.29, 1.82) is 0 Å². The van der Waals surface area contributed by atoms with E-state index in [1.165, 1.54) is 17.5 Å². The molecule has 3 rings (SSSR count). The Morgan fingerprint density at radius 2 is 1.86 bits per heavy atom. The van der Waals surface area contributed by atoms with Crippen LogP contribution in [0.25, 0.3) is 0 Å². The van der Waals surface area contributed by atoms with Gasteiger partial charge in [-0.1, -0.05) is 49.4 Å². The fourth-order valence-corrected chi connectivity index (χ4v) is 3.22. The molecule has 0 bridgehead atoms. The Hall–Kier alpha value is -1.51. The molecule has 0 spiro atoms. The molecule has 3 heteroatoms. The Balaban J connectivity index is 0.00000161. The number of rotatable bonds is 3. The topological polar surface area (TPSA) is 29.3 Å². The van der Waals surface area contributed by atoms with Crippen LogP contribution in [0.3, 0.4) is 0 Å². The first-order valence-electron chi connectivity index (χ1n) is 7.28. The molecule has 2 nitrogen and oxygen atoms in total. The van der Waals surface area contributed by atoms with E-state index in [0.29, 0.717) is 0 Å². The molecular weight excluding hydrogens is 280 g/mol. The first-order chi connectivity index (χ1) is 9.66. The third kappa shape index (κ3) is 3.58. The summed E-state index contributed by atoms with van der Waals surface area (Å²) in [5, 5.41) is 0. The largest absolute Gasteiger partial charge is 0.399 e. The van der Waals surface area contributed by atoms with Crippen LogP contribution in [0.2, 0.25) is 0 Å². The SMILES string of the molecule is CC1(c2ccccc2)CCN(Cc2cccc(N)c2)C1.Cl. The molecule has 1 saturated heterocycles. The molecule has 0 aromatic heterocycles. The van der Waals surface area contributed by atoms with Crippen molar-refractivity contribution in [2.45, 2.75) is 25.3 Å². The highest BCUT2D eigenvalue weighted by Crippen LogP contribution is 2.34. The molecule has 1 unspecified atom stereocenters. The molecule has 1 aliphatic rings. The number of nitrogen functional groups attached to an aromatic ring is 1. The normalized spacial score (nSPS) is 22.0. The number of benzene rings is 2. The number of halogens is 1. The van der Waals surface area contributed by atoms with Crippen molar-refractivity contribution >= 4 is 18.1 Å². The summed E-state index contributed by atoms with van der Waals surface area (Å²) >= 11 is 0. The summed E-state index contributed by atoms with van der Waals surface area (Å²) in [5.74, 6) is 0.